The molecule has 2 N–H and O–H groups in total. The number of Topliss-reactive ketones (excluding diaryl/α,β-unsaturated/α-hetero) is 1. The predicted molar refractivity (Wildman–Crippen MR) is 150 cm³/mol. The molecule has 5 rings (SSSR count). The number of hydrogen-bond donors (Lipinski definition) is 2. The number of carbonyl (C=O) groups is 1. The average Bonchev–Trinajstić information content (AvgIpc) is 3.34. The standard InChI is InChI=1S/C28H23Cl3N2O2S/c1-28(2)13-20-23(21(34)14-28)24(22-4-3-11-36-22)25(26(35)15-5-7-16(29)8-6-15)27(32)33(20)17-9-10-18(30)19(31)12-17/h3-12,24,32,35H,13-14H2,1-2H3/b26-25+,32-27?. The van der Waals surface area contributed by atoms with Crippen molar-refractivity contribution in [2.45, 2.75) is 32.6 Å². The van der Waals surface area contributed by atoms with Crippen LogP contribution in [0.25, 0.3) is 5.76 Å². The number of aliphatic hydroxyl groups excluding tert-OH is 1. The van der Waals surface area contributed by atoms with Crippen LogP contribution in [0.2, 0.25) is 15.1 Å². The summed E-state index contributed by atoms with van der Waals surface area (Å²) in [5.41, 5.74) is 2.56. The summed E-state index contributed by atoms with van der Waals surface area (Å²) in [5.74, 6) is -0.530. The highest BCUT2D eigenvalue weighted by Gasteiger charge is 2.47. The number of hydrogen-bond acceptors (Lipinski definition) is 4. The molecular weight excluding hydrogens is 535 g/mol. The van der Waals surface area contributed by atoms with Crippen LogP contribution in [0, 0.1) is 10.8 Å². The van der Waals surface area contributed by atoms with Crippen LogP contribution in [-0.4, -0.2) is 16.7 Å². The first-order valence-electron chi connectivity index (χ1n) is 11.4. The van der Waals surface area contributed by atoms with Gasteiger partial charge in [0.25, 0.3) is 0 Å². The van der Waals surface area contributed by atoms with E-state index in [4.69, 9.17) is 34.8 Å². The number of ketones is 1. The molecule has 2 heterocycles. The van der Waals surface area contributed by atoms with Crippen molar-refractivity contribution in [2.24, 2.45) is 5.41 Å². The second-order valence-corrected chi connectivity index (χ2v) is 12.0. The molecule has 2 aliphatic rings. The summed E-state index contributed by atoms with van der Waals surface area (Å²) in [6.45, 7) is 4.12. The van der Waals surface area contributed by atoms with Crippen LogP contribution in [-0.2, 0) is 4.79 Å². The van der Waals surface area contributed by atoms with Crippen molar-refractivity contribution < 1.29 is 9.90 Å². The van der Waals surface area contributed by atoms with Crippen molar-refractivity contribution in [2.75, 3.05) is 4.90 Å². The number of rotatable bonds is 3. The Morgan fingerprint density at radius 1 is 1.06 bits per heavy atom. The van der Waals surface area contributed by atoms with Gasteiger partial charge in [-0.25, -0.2) is 0 Å². The van der Waals surface area contributed by atoms with E-state index in [1.807, 2.05) is 17.5 Å². The molecule has 1 aliphatic heterocycles. The highest BCUT2D eigenvalue weighted by molar-refractivity contribution is 7.10. The fraction of sp³-hybridized carbons (Fsp3) is 0.214. The molecule has 0 saturated heterocycles. The normalized spacial score (nSPS) is 21.0. The van der Waals surface area contributed by atoms with E-state index in [-0.39, 0.29) is 22.8 Å². The summed E-state index contributed by atoms with van der Waals surface area (Å²) in [7, 11) is 0. The van der Waals surface area contributed by atoms with E-state index in [9.17, 15) is 15.3 Å². The van der Waals surface area contributed by atoms with Crippen molar-refractivity contribution >= 4 is 69.2 Å². The largest absolute Gasteiger partial charge is 0.507 e. The molecule has 1 aromatic heterocycles. The van der Waals surface area contributed by atoms with Crippen LogP contribution in [0.15, 0.2) is 76.8 Å². The van der Waals surface area contributed by atoms with Crippen molar-refractivity contribution in [3.8, 4) is 0 Å². The number of benzene rings is 2. The van der Waals surface area contributed by atoms with Crippen LogP contribution < -0.4 is 4.90 Å². The maximum atomic E-state index is 13.8. The summed E-state index contributed by atoms with van der Waals surface area (Å²) in [6.07, 6.45) is 0.971. The summed E-state index contributed by atoms with van der Waals surface area (Å²) >= 11 is 20.2. The minimum absolute atomic E-state index is 0.0126. The van der Waals surface area contributed by atoms with Crippen molar-refractivity contribution in [3.05, 3.63) is 102 Å². The molecule has 0 amide bonds. The molecule has 184 valence electrons. The molecule has 2 aromatic carbocycles. The van der Waals surface area contributed by atoms with Gasteiger partial charge in [-0.05, 0) is 65.7 Å². The molecule has 0 fully saturated rings. The van der Waals surface area contributed by atoms with Crippen LogP contribution >= 0.6 is 46.1 Å². The van der Waals surface area contributed by atoms with Crippen molar-refractivity contribution in [3.63, 3.8) is 0 Å². The maximum absolute atomic E-state index is 13.8. The third-order valence-corrected chi connectivity index (χ3v) is 8.51. The topological polar surface area (TPSA) is 64.4 Å². The SMILES string of the molecule is CC1(C)CC(=O)C2=C(C1)N(c1ccc(Cl)c(Cl)c1)C(=N)/C(=C(/O)c1ccc(Cl)cc1)C2c1cccs1. The van der Waals surface area contributed by atoms with Gasteiger partial charge in [0.2, 0.25) is 0 Å². The highest BCUT2D eigenvalue weighted by Crippen LogP contribution is 2.52. The first-order valence-corrected chi connectivity index (χ1v) is 13.4. The van der Waals surface area contributed by atoms with Crippen LogP contribution in [0.3, 0.4) is 0 Å². The second kappa shape index (κ2) is 9.38. The van der Waals surface area contributed by atoms with Crippen molar-refractivity contribution in [1.82, 2.24) is 0 Å². The molecule has 0 radical (unpaired) electrons. The van der Waals surface area contributed by atoms with Gasteiger partial charge in [-0.1, -0.05) is 54.7 Å². The maximum Gasteiger partial charge on any atom is 0.162 e. The molecule has 1 atom stereocenters. The molecule has 0 spiro atoms. The van der Waals surface area contributed by atoms with Crippen molar-refractivity contribution in [1.29, 1.82) is 5.41 Å². The smallest absolute Gasteiger partial charge is 0.162 e. The minimum atomic E-state index is -0.564. The first kappa shape index (κ1) is 25.1. The third kappa shape index (κ3) is 4.39. The summed E-state index contributed by atoms with van der Waals surface area (Å²) < 4.78 is 0. The minimum Gasteiger partial charge on any atom is -0.507 e. The van der Waals surface area contributed by atoms with Crippen LogP contribution in [0.4, 0.5) is 5.69 Å². The Morgan fingerprint density at radius 3 is 2.42 bits per heavy atom. The molecule has 36 heavy (non-hydrogen) atoms. The molecule has 8 heteroatoms. The van der Waals surface area contributed by atoms with Gasteiger partial charge in [-0.15, -0.1) is 11.3 Å². The zero-order valence-electron chi connectivity index (χ0n) is 19.6. The predicted octanol–water partition coefficient (Wildman–Crippen LogP) is 8.90. The number of aliphatic hydroxyl groups is 1. The number of carbonyl (C=O) groups excluding carboxylic acids is 1. The van der Waals surface area contributed by atoms with Gasteiger partial charge in [0.05, 0.1) is 21.5 Å². The van der Waals surface area contributed by atoms with E-state index in [1.54, 1.807) is 47.4 Å². The lowest BCUT2D eigenvalue weighted by Gasteiger charge is -2.45. The number of nitrogens with zero attached hydrogens (tertiary/aromatic N) is 1. The lowest BCUT2D eigenvalue weighted by atomic mass is 9.68. The third-order valence-electron chi connectivity index (χ3n) is 6.58. The number of thiophene rings is 1. The van der Waals surface area contributed by atoms with E-state index in [1.165, 1.54) is 11.3 Å². The molecule has 4 nitrogen and oxygen atoms in total. The lowest BCUT2D eigenvalue weighted by Crippen LogP contribution is -2.45. The number of halogens is 3. The number of allylic oxidation sites excluding steroid dienone is 2. The van der Waals surface area contributed by atoms with E-state index in [0.717, 1.165) is 10.6 Å². The summed E-state index contributed by atoms with van der Waals surface area (Å²) in [5, 5.41) is 24.2. The summed E-state index contributed by atoms with van der Waals surface area (Å²) in [6, 6.07) is 15.8. The molecule has 1 unspecified atom stereocenters. The zero-order chi connectivity index (χ0) is 25.8. The fourth-order valence-corrected chi connectivity index (χ4v) is 6.29. The monoisotopic (exact) mass is 556 g/mol. The van der Waals surface area contributed by atoms with E-state index < -0.39 is 5.92 Å². The Bertz CT molecular complexity index is 1440. The number of anilines is 1. The average molecular weight is 558 g/mol. The Kier molecular flexibility index (Phi) is 6.54. The fourth-order valence-electron chi connectivity index (χ4n) is 5.03. The van der Waals surface area contributed by atoms with Gasteiger partial charge in [0.1, 0.15) is 11.6 Å². The van der Waals surface area contributed by atoms with Gasteiger partial charge in [-0.3, -0.25) is 15.1 Å². The Morgan fingerprint density at radius 2 is 1.78 bits per heavy atom. The number of amidine groups is 1. The lowest BCUT2D eigenvalue weighted by molar-refractivity contribution is -0.118. The van der Waals surface area contributed by atoms with Gasteiger partial charge < -0.3 is 5.11 Å². The van der Waals surface area contributed by atoms with Gasteiger partial charge in [0, 0.05) is 38.8 Å². The Hall–Kier alpha value is -2.57. The molecular formula is C28H23Cl3N2O2S. The molecule has 1 aliphatic carbocycles. The Balaban J connectivity index is 1.84. The summed E-state index contributed by atoms with van der Waals surface area (Å²) in [4.78, 5) is 16.4. The molecule has 3 aromatic rings. The molecule has 0 bridgehead atoms. The van der Waals surface area contributed by atoms with Crippen LogP contribution in [0.5, 0.6) is 0 Å². The quantitative estimate of drug-likeness (QED) is 0.316. The van der Waals surface area contributed by atoms with Gasteiger partial charge >= 0.3 is 0 Å². The Labute approximate surface area is 228 Å². The second-order valence-electron chi connectivity index (χ2n) is 9.80. The zero-order valence-corrected chi connectivity index (χ0v) is 22.7. The highest BCUT2D eigenvalue weighted by atomic mass is 35.5. The molecule has 0 saturated carbocycles. The number of nitrogens with one attached hydrogen (secondary N) is 1. The van der Waals surface area contributed by atoms with E-state index >= 15 is 0 Å². The van der Waals surface area contributed by atoms with E-state index in [2.05, 4.69) is 13.8 Å². The van der Waals surface area contributed by atoms with E-state index in [0.29, 0.717) is 50.3 Å². The van der Waals surface area contributed by atoms with Crippen LogP contribution in [0.1, 0.15) is 43.0 Å². The van der Waals surface area contributed by atoms with Gasteiger partial charge in [0.15, 0.2) is 5.78 Å². The first-order chi connectivity index (χ1) is 17.1. The van der Waals surface area contributed by atoms with Gasteiger partial charge in [-0.2, -0.15) is 0 Å².